The third-order valence-corrected chi connectivity index (χ3v) is 4.31. The van der Waals surface area contributed by atoms with Gasteiger partial charge in [0.2, 0.25) is 0 Å². The van der Waals surface area contributed by atoms with Gasteiger partial charge in [-0.3, -0.25) is 4.90 Å². The molecule has 1 heterocycles. The van der Waals surface area contributed by atoms with Crippen LogP contribution in [0.25, 0.3) is 0 Å². The van der Waals surface area contributed by atoms with Crippen LogP contribution in [0.1, 0.15) is 30.6 Å². The number of hydrogen-bond donors (Lipinski definition) is 1. The van der Waals surface area contributed by atoms with Crippen molar-refractivity contribution in [1.82, 2.24) is 4.90 Å². The highest BCUT2D eigenvalue weighted by molar-refractivity contribution is 6.31. The molecule has 6 heteroatoms. The number of rotatable bonds is 5. The van der Waals surface area contributed by atoms with Crippen LogP contribution in [-0.2, 0) is 4.74 Å². The molecule has 1 aromatic rings. The van der Waals surface area contributed by atoms with Gasteiger partial charge >= 0.3 is 5.97 Å². The molecule has 2 rings (SSSR count). The molecular formula is C17H25ClN2O3. The lowest BCUT2D eigenvalue weighted by Crippen LogP contribution is -2.40. The van der Waals surface area contributed by atoms with Gasteiger partial charge in [-0.05, 0) is 30.4 Å². The molecule has 1 aromatic carbocycles. The third-order valence-electron chi connectivity index (χ3n) is 4.09. The van der Waals surface area contributed by atoms with E-state index in [1.54, 1.807) is 6.07 Å². The first kappa shape index (κ1) is 17.9. The average molecular weight is 341 g/mol. The zero-order valence-electron chi connectivity index (χ0n) is 14.0. The predicted molar refractivity (Wildman–Crippen MR) is 92.1 cm³/mol. The van der Waals surface area contributed by atoms with Gasteiger partial charge in [0, 0.05) is 24.7 Å². The van der Waals surface area contributed by atoms with Crippen molar-refractivity contribution in [3.05, 3.63) is 22.7 Å². The summed E-state index contributed by atoms with van der Waals surface area (Å²) in [7, 11) is 1.47. The van der Waals surface area contributed by atoms with Gasteiger partial charge in [-0.15, -0.1) is 0 Å². The molecule has 5 nitrogen and oxygen atoms in total. The van der Waals surface area contributed by atoms with E-state index in [2.05, 4.69) is 18.7 Å². The lowest BCUT2D eigenvalue weighted by Gasteiger charge is -2.34. The van der Waals surface area contributed by atoms with Crippen LogP contribution in [0, 0.1) is 11.8 Å². The maximum Gasteiger partial charge on any atom is 0.342 e. The van der Waals surface area contributed by atoms with Gasteiger partial charge in [-0.1, -0.05) is 25.4 Å². The van der Waals surface area contributed by atoms with Crippen LogP contribution < -0.4 is 10.5 Å². The van der Waals surface area contributed by atoms with Gasteiger partial charge in [0.25, 0.3) is 0 Å². The summed E-state index contributed by atoms with van der Waals surface area (Å²) in [5.41, 5.74) is 6.41. The molecule has 0 unspecified atom stereocenters. The molecule has 0 saturated carbocycles. The highest BCUT2D eigenvalue weighted by Gasteiger charge is 2.22. The molecule has 2 N–H and O–H groups in total. The minimum absolute atomic E-state index is 0.262. The molecular weight excluding hydrogens is 316 g/mol. The number of nitrogens with zero attached hydrogens (tertiary/aromatic N) is 1. The van der Waals surface area contributed by atoms with E-state index in [-0.39, 0.29) is 5.56 Å². The Labute approximate surface area is 142 Å². The maximum atomic E-state index is 12.3. The smallest absolute Gasteiger partial charge is 0.342 e. The lowest BCUT2D eigenvalue weighted by atomic mass is 9.92. The number of halogens is 1. The number of likely N-dealkylation sites (tertiary alicyclic amines) is 1. The summed E-state index contributed by atoms with van der Waals surface area (Å²) in [6.07, 6.45) is 1.26. The molecule has 128 valence electrons. The third kappa shape index (κ3) is 4.75. The number of anilines is 1. The molecule has 0 spiro atoms. The number of methoxy groups -OCH3 is 1. The maximum absolute atomic E-state index is 12.3. The van der Waals surface area contributed by atoms with E-state index >= 15 is 0 Å². The quantitative estimate of drug-likeness (QED) is 0.659. The van der Waals surface area contributed by atoms with Crippen LogP contribution in [0.15, 0.2) is 12.1 Å². The summed E-state index contributed by atoms with van der Waals surface area (Å²) in [6, 6.07) is 3.07. The Kier molecular flexibility index (Phi) is 6.13. The van der Waals surface area contributed by atoms with E-state index in [1.807, 2.05) is 0 Å². The van der Waals surface area contributed by atoms with Crippen molar-refractivity contribution >= 4 is 23.3 Å². The van der Waals surface area contributed by atoms with Crippen molar-refractivity contribution in [2.24, 2.45) is 11.8 Å². The summed E-state index contributed by atoms with van der Waals surface area (Å²) in [6.45, 7) is 7.69. The Morgan fingerprint density at radius 1 is 1.35 bits per heavy atom. The van der Waals surface area contributed by atoms with Crippen molar-refractivity contribution in [3.8, 4) is 5.75 Å². The molecule has 0 aliphatic carbocycles. The average Bonchev–Trinajstić information content (AvgIpc) is 2.45. The number of nitrogen functional groups attached to an aromatic ring is 1. The molecule has 2 atom stereocenters. The second-order valence-corrected chi connectivity index (χ2v) is 6.85. The molecule has 1 aliphatic rings. The van der Waals surface area contributed by atoms with Gasteiger partial charge in [-0.2, -0.15) is 0 Å². The molecule has 0 radical (unpaired) electrons. The predicted octanol–water partition coefficient (Wildman–Crippen LogP) is 3.07. The summed E-state index contributed by atoms with van der Waals surface area (Å²) in [5.74, 6) is 1.21. The van der Waals surface area contributed by atoms with Crippen molar-refractivity contribution in [1.29, 1.82) is 0 Å². The molecule has 0 aromatic heterocycles. The van der Waals surface area contributed by atoms with Crippen LogP contribution in [-0.4, -0.2) is 44.2 Å². The van der Waals surface area contributed by atoms with Crippen LogP contribution >= 0.6 is 11.6 Å². The SMILES string of the molecule is COc1c(N)cc(Cl)cc1C(=O)OCCN1C[C@H](C)C[C@@H](C)C1. The van der Waals surface area contributed by atoms with E-state index in [0.717, 1.165) is 19.6 Å². The number of nitrogens with two attached hydrogens (primary N) is 1. The fourth-order valence-electron chi connectivity index (χ4n) is 3.31. The van der Waals surface area contributed by atoms with E-state index in [4.69, 9.17) is 26.8 Å². The molecule has 1 aliphatic heterocycles. The largest absolute Gasteiger partial charge is 0.494 e. The van der Waals surface area contributed by atoms with Crippen LogP contribution in [0.4, 0.5) is 5.69 Å². The Hall–Kier alpha value is -1.46. The topological polar surface area (TPSA) is 64.8 Å². The number of hydrogen-bond acceptors (Lipinski definition) is 5. The van der Waals surface area contributed by atoms with Crippen molar-refractivity contribution in [3.63, 3.8) is 0 Å². The highest BCUT2D eigenvalue weighted by atomic mass is 35.5. The minimum Gasteiger partial charge on any atom is -0.494 e. The summed E-state index contributed by atoms with van der Waals surface area (Å²) >= 11 is 5.96. The fourth-order valence-corrected chi connectivity index (χ4v) is 3.54. The Balaban J connectivity index is 1.93. The van der Waals surface area contributed by atoms with E-state index in [0.29, 0.717) is 34.9 Å². The fraction of sp³-hybridized carbons (Fsp3) is 0.588. The van der Waals surface area contributed by atoms with Gasteiger partial charge in [-0.25, -0.2) is 4.79 Å². The van der Waals surface area contributed by atoms with Gasteiger partial charge in [0.05, 0.1) is 12.8 Å². The van der Waals surface area contributed by atoms with Gasteiger partial charge < -0.3 is 15.2 Å². The van der Waals surface area contributed by atoms with Crippen LogP contribution in [0.3, 0.4) is 0 Å². The summed E-state index contributed by atoms with van der Waals surface area (Å²) in [4.78, 5) is 14.6. The Morgan fingerprint density at radius 3 is 2.61 bits per heavy atom. The first-order valence-electron chi connectivity index (χ1n) is 7.93. The molecule has 23 heavy (non-hydrogen) atoms. The number of esters is 1. The first-order valence-corrected chi connectivity index (χ1v) is 8.31. The molecule has 1 fully saturated rings. The van der Waals surface area contributed by atoms with Crippen molar-refractivity contribution in [2.45, 2.75) is 20.3 Å². The number of carbonyl (C=O) groups excluding carboxylic acids is 1. The van der Waals surface area contributed by atoms with Gasteiger partial charge in [0.1, 0.15) is 12.2 Å². The standard InChI is InChI=1S/C17H25ClN2O3/c1-11-6-12(2)10-20(9-11)4-5-23-17(21)14-7-13(18)8-15(19)16(14)22-3/h7-8,11-12H,4-6,9-10,19H2,1-3H3/t11-,12-/m1/s1. The van der Waals surface area contributed by atoms with E-state index in [1.165, 1.54) is 19.6 Å². The number of benzene rings is 1. The highest BCUT2D eigenvalue weighted by Crippen LogP contribution is 2.30. The molecule has 0 amide bonds. The molecule has 0 bridgehead atoms. The van der Waals surface area contributed by atoms with Crippen molar-refractivity contribution in [2.75, 3.05) is 39.1 Å². The normalized spacial score (nSPS) is 21.9. The van der Waals surface area contributed by atoms with Crippen LogP contribution in [0.5, 0.6) is 5.75 Å². The van der Waals surface area contributed by atoms with Gasteiger partial charge in [0.15, 0.2) is 5.75 Å². The second-order valence-electron chi connectivity index (χ2n) is 6.42. The Morgan fingerprint density at radius 2 is 2.00 bits per heavy atom. The number of carbonyl (C=O) groups is 1. The number of ether oxygens (including phenoxy) is 2. The monoisotopic (exact) mass is 340 g/mol. The molecule has 1 saturated heterocycles. The lowest BCUT2D eigenvalue weighted by molar-refractivity contribution is 0.0412. The first-order chi connectivity index (χ1) is 10.9. The number of piperidine rings is 1. The zero-order valence-corrected chi connectivity index (χ0v) is 14.7. The summed E-state index contributed by atoms with van der Waals surface area (Å²) in [5, 5.41) is 0.383. The van der Waals surface area contributed by atoms with Crippen LogP contribution in [0.2, 0.25) is 5.02 Å². The van der Waals surface area contributed by atoms with E-state index in [9.17, 15) is 4.79 Å². The minimum atomic E-state index is -0.464. The zero-order chi connectivity index (χ0) is 17.0. The van der Waals surface area contributed by atoms with Crippen molar-refractivity contribution < 1.29 is 14.3 Å². The summed E-state index contributed by atoms with van der Waals surface area (Å²) < 4.78 is 10.6. The Bertz CT molecular complexity index is 555. The van der Waals surface area contributed by atoms with E-state index < -0.39 is 5.97 Å². The second kappa shape index (κ2) is 7.88.